The number of hydrogen-bond donors (Lipinski definition) is 2. The van der Waals surface area contributed by atoms with Crippen LogP contribution in [-0.2, 0) is 12.7 Å². The van der Waals surface area contributed by atoms with E-state index in [4.69, 9.17) is 5.11 Å². The number of aliphatic hydroxyl groups is 1. The quantitative estimate of drug-likeness (QED) is 0.741. The summed E-state index contributed by atoms with van der Waals surface area (Å²) in [7, 11) is 1.78. The number of alkyl halides is 3. The van der Waals surface area contributed by atoms with Gasteiger partial charge in [-0.15, -0.1) is 0 Å². The third-order valence-corrected chi connectivity index (χ3v) is 4.26. The molecule has 3 aromatic rings. The minimum atomic E-state index is -4.54. The second-order valence-electron chi connectivity index (χ2n) is 5.97. The van der Waals surface area contributed by atoms with Gasteiger partial charge in [0, 0.05) is 42.7 Å². The highest BCUT2D eigenvalue weighted by atomic mass is 19.4. The van der Waals surface area contributed by atoms with E-state index in [0.29, 0.717) is 29.4 Å². The average molecular weight is 353 g/mol. The lowest BCUT2D eigenvalue weighted by atomic mass is 10.1. The van der Waals surface area contributed by atoms with E-state index in [1.807, 2.05) is 4.90 Å². The molecule has 0 saturated carbocycles. The molecule has 2 aromatic heterocycles. The Kier molecular flexibility index (Phi) is 4.57. The molecule has 0 aliphatic carbocycles. The van der Waals surface area contributed by atoms with Crippen LogP contribution in [0.3, 0.4) is 0 Å². The number of rotatable bonds is 5. The molecule has 0 spiro atoms. The van der Waals surface area contributed by atoms with Crippen LogP contribution < -0.4 is 5.43 Å². The van der Waals surface area contributed by atoms with Crippen molar-refractivity contribution in [3.8, 4) is 0 Å². The van der Waals surface area contributed by atoms with Gasteiger partial charge in [0.05, 0.1) is 17.6 Å². The molecule has 0 amide bonds. The summed E-state index contributed by atoms with van der Waals surface area (Å²) >= 11 is 0. The summed E-state index contributed by atoms with van der Waals surface area (Å²) in [6.45, 7) is 1.09. The van der Waals surface area contributed by atoms with Crippen molar-refractivity contribution in [2.75, 3.05) is 26.7 Å². The summed E-state index contributed by atoms with van der Waals surface area (Å²) < 4.78 is 42.0. The van der Waals surface area contributed by atoms with E-state index >= 15 is 0 Å². The number of likely N-dealkylation sites (N-methyl/N-ethyl adjacent to an activating group) is 1. The fourth-order valence-electron chi connectivity index (χ4n) is 3.07. The number of nitrogens with one attached hydrogen (secondary N) is 1. The average Bonchev–Trinajstić information content (AvgIpc) is 2.85. The van der Waals surface area contributed by atoms with Crippen molar-refractivity contribution < 1.29 is 18.3 Å². The van der Waals surface area contributed by atoms with E-state index in [0.717, 1.165) is 0 Å². The largest absolute Gasteiger partial charge is 0.433 e. The van der Waals surface area contributed by atoms with Crippen LogP contribution in [0.1, 0.15) is 5.69 Å². The maximum absolute atomic E-state index is 13.5. The number of aromatic amines is 1. The second kappa shape index (κ2) is 6.53. The Labute approximate surface area is 141 Å². The van der Waals surface area contributed by atoms with Gasteiger partial charge in [-0.05, 0) is 25.2 Å². The van der Waals surface area contributed by atoms with Crippen molar-refractivity contribution in [2.45, 2.75) is 12.7 Å². The van der Waals surface area contributed by atoms with Crippen molar-refractivity contribution in [1.29, 1.82) is 0 Å². The first-order valence-electron chi connectivity index (χ1n) is 7.83. The van der Waals surface area contributed by atoms with Gasteiger partial charge in [-0.1, -0.05) is 0 Å². The lowest BCUT2D eigenvalue weighted by Crippen LogP contribution is -2.26. The van der Waals surface area contributed by atoms with Crippen molar-refractivity contribution in [2.24, 2.45) is 0 Å². The van der Waals surface area contributed by atoms with Gasteiger partial charge in [0.2, 0.25) is 0 Å². The molecule has 25 heavy (non-hydrogen) atoms. The lowest BCUT2D eigenvalue weighted by Gasteiger charge is -2.18. The Morgan fingerprint density at radius 2 is 1.96 bits per heavy atom. The van der Waals surface area contributed by atoms with Crippen LogP contribution in [0.15, 0.2) is 35.3 Å². The highest BCUT2D eigenvalue weighted by molar-refractivity contribution is 6.08. The Morgan fingerprint density at radius 1 is 1.20 bits per heavy atom. The van der Waals surface area contributed by atoms with Crippen LogP contribution in [0.25, 0.3) is 21.8 Å². The Hall–Kier alpha value is -2.32. The van der Waals surface area contributed by atoms with Crippen molar-refractivity contribution >= 4 is 21.8 Å². The van der Waals surface area contributed by atoms with Gasteiger partial charge in [-0.3, -0.25) is 4.79 Å². The molecule has 0 fully saturated rings. The first-order valence-corrected chi connectivity index (χ1v) is 7.83. The standard InChI is InChI=1S/C17H18F3N3O2/c1-22(8-9-24)6-7-23-14-10-11(25)2-3-12(14)13-4-5-21-16(15(13)23)17(18,19)20/h2-5,10,21,24H,6-9H2,1H3. The van der Waals surface area contributed by atoms with Crippen molar-refractivity contribution in [3.05, 3.63) is 46.4 Å². The summed E-state index contributed by atoms with van der Waals surface area (Å²) in [5.74, 6) is 0. The van der Waals surface area contributed by atoms with Crippen LogP contribution in [0.4, 0.5) is 13.2 Å². The zero-order valence-corrected chi connectivity index (χ0v) is 13.6. The van der Waals surface area contributed by atoms with E-state index in [-0.39, 0.29) is 24.1 Å². The van der Waals surface area contributed by atoms with E-state index in [2.05, 4.69) is 4.98 Å². The van der Waals surface area contributed by atoms with E-state index < -0.39 is 11.9 Å². The predicted molar refractivity (Wildman–Crippen MR) is 89.6 cm³/mol. The summed E-state index contributed by atoms with van der Waals surface area (Å²) in [6, 6.07) is 5.87. The molecule has 0 aliphatic heterocycles. The molecule has 2 heterocycles. The van der Waals surface area contributed by atoms with Crippen LogP contribution in [0, 0.1) is 0 Å². The molecule has 2 N–H and O–H groups in total. The zero-order chi connectivity index (χ0) is 18.2. The van der Waals surface area contributed by atoms with Gasteiger partial charge in [-0.2, -0.15) is 13.2 Å². The van der Waals surface area contributed by atoms with E-state index in [1.54, 1.807) is 19.2 Å². The molecule has 8 heteroatoms. The molecular formula is C17H18F3N3O2. The van der Waals surface area contributed by atoms with Crippen LogP contribution in [0.5, 0.6) is 0 Å². The number of fused-ring (bicyclic) bond motifs is 3. The highest BCUT2D eigenvalue weighted by Crippen LogP contribution is 2.37. The molecule has 0 saturated heterocycles. The SMILES string of the molecule is CN(CCO)CCn1c2cc(=O)ccc2c2cc[nH]c(C(F)(F)F)c21. The zero-order valence-electron chi connectivity index (χ0n) is 13.6. The number of H-pyrrole nitrogens is 1. The molecule has 1 aromatic carbocycles. The number of aliphatic hydroxyl groups excluding tert-OH is 1. The Bertz CT molecular complexity index is 959. The van der Waals surface area contributed by atoms with Crippen LogP contribution in [-0.4, -0.2) is 46.3 Å². The van der Waals surface area contributed by atoms with Crippen LogP contribution >= 0.6 is 0 Å². The van der Waals surface area contributed by atoms with E-state index in [1.165, 1.54) is 22.9 Å². The van der Waals surface area contributed by atoms with Gasteiger partial charge in [0.15, 0.2) is 5.43 Å². The smallest absolute Gasteiger partial charge is 0.395 e. The molecular weight excluding hydrogens is 335 g/mol. The van der Waals surface area contributed by atoms with Gasteiger partial charge < -0.3 is 19.6 Å². The van der Waals surface area contributed by atoms with E-state index in [9.17, 15) is 18.0 Å². The molecule has 0 radical (unpaired) electrons. The third kappa shape index (κ3) is 3.27. The summed E-state index contributed by atoms with van der Waals surface area (Å²) in [6.07, 6.45) is -3.28. The Balaban J connectivity index is 2.25. The molecule has 0 bridgehead atoms. The van der Waals surface area contributed by atoms with Crippen molar-refractivity contribution in [3.63, 3.8) is 0 Å². The fourth-order valence-corrected chi connectivity index (χ4v) is 3.07. The minimum Gasteiger partial charge on any atom is -0.395 e. The van der Waals surface area contributed by atoms with Crippen LogP contribution in [0.2, 0.25) is 0 Å². The third-order valence-electron chi connectivity index (χ3n) is 4.26. The highest BCUT2D eigenvalue weighted by Gasteiger charge is 2.35. The fraction of sp³-hybridized carbons (Fsp3) is 0.353. The molecule has 3 rings (SSSR count). The van der Waals surface area contributed by atoms with Crippen molar-refractivity contribution in [1.82, 2.24) is 14.5 Å². The summed E-state index contributed by atoms with van der Waals surface area (Å²) in [5.41, 5.74) is -0.575. The summed E-state index contributed by atoms with van der Waals surface area (Å²) in [4.78, 5) is 15.9. The molecule has 0 unspecified atom stereocenters. The first kappa shape index (κ1) is 17.5. The normalized spacial score (nSPS) is 12.6. The van der Waals surface area contributed by atoms with Gasteiger partial charge in [0.25, 0.3) is 0 Å². The monoisotopic (exact) mass is 353 g/mol. The first-order chi connectivity index (χ1) is 11.8. The molecule has 134 valence electrons. The number of hydrogen-bond acceptors (Lipinski definition) is 3. The maximum Gasteiger partial charge on any atom is 0.433 e. The van der Waals surface area contributed by atoms with Gasteiger partial charge >= 0.3 is 6.18 Å². The lowest BCUT2D eigenvalue weighted by molar-refractivity contribution is -0.140. The predicted octanol–water partition coefficient (Wildman–Crippen LogP) is 2.43. The summed E-state index contributed by atoms with van der Waals surface area (Å²) in [5, 5.41) is 10.0. The Morgan fingerprint density at radius 3 is 2.64 bits per heavy atom. The topological polar surface area (TPSA) is 61.3 Å². The number of aromatic nitrogens is 2. The minimum absolute atomic E-state index is 0.0318. The molecule has 5 nitrogen and oxygen atoms in total. The number of benzene rings is 1. The number of nitrogens with zero attached hydrogens (tertiary/aromatic N) is 2. The number of halogens is 3. The maximum atomic E-state index is 13.5. The molecule has 0 aliphatic rings. The van der Waals surface area contributed by atoms with Gasteiger partial charge in [0.1, 0.15) is 5.69 Å². The van der Waals surface area contributed by atoms with Gasteiger partial charge in [-0.25, -0.2) is 0 Å². The molecule has 0 atom stereocenters. The second-order valence-corrected chi connectivity index (χ2v) is 5.97. The number of pyridine rings is 1.